The molecule has 0 bridgehead atoms. The van der Waals surface area contributed by atoms with Crippen LogP contribution in [0.5, 0.6) is 0 Å². The molecule has 0 aliphatic rings. The van der Waals surface area contributed by atoms with Gasteiger partial charge in [0.1, 0.15) is 0 Å². The summed E-state index contributed by atoms with van der Waals surface area (Å²) in [6, 6.07) is 0. The topological polar surface area (TPSA) is 46.5 Å². The summed E-state index contributed by atoms with van der Waals surface area (Å²) < 4.78 is 25.6. The van der Waals surface area contributed by atoms with Crippen LogP contribution in [0.25, 0.3) is 0 Å². The Bertz CT molecular complexity index is 105. The van der Waals surface area contributed by atoms with E-state index in [9.17, 15) is 8.96 Å². The number of hydrogen-bond donors (Lipinski definition) is 1. The summed E-state index contributed by atoms with van der Waals surface area (Å²) in [5.41, 5.74) is 0. The highest BCUT2D eigenvalue weighted by molar-refractivity contribution is 7.52. The third-order valence-electron chi connectivity index (χ3n) is 0.482. The molecule has 0 rings (SSSR count). The first-order valence-corrected chi connectivity index (χ1v) is 3.91. The first kappa shape index (κ1) is 8.08. The average Bonchev–Trinajstić information content (AvgIpc) is 1.67. The van der Waals surface area contributed by atoms with E-state index in [0.717, 1.165) is 0 Å². The second kappa shape index (κ2) is 3.17. The van der Waals surface area contributed by atoms with E-state index in [1.807, 2.05) is 0 Å². The lowest BCUT2D eigenvalue weighted by Gasteiger charge is -2.03. The fourth-order valence-corrected chi connectivity index (χ4v) is 0.709. The Balaban J connectivity index is 3.55. The van der Waals surface area contributed by atoms with Crippen molar-refractivity contribution < 1.29 is 18.4 Å². The lowest BCUT2D eigenvalue weighted by molar-refractivity contribution is 0.260. The van der Waals surface area contributed by atoms with Crippen LogP contribution in [0.1, 0.15) is 6.92 Å². The highest BCUT2D eigenvalue weighted by Crippen LogP contribution is 2.41. The molecule has 0 radical (unpaired) electrons. The van der Waals surface area contributed by atoms with Crippen LogP contribution < -0.4 is 0 Å². The van der Waals surface area contributed by atoms with E-state index in [2.05, 4.69) is 4.52 Å². The molecule has 0 fully saturated rings. The predicted molar refractivity (Wildman–Crippen MR) is 27.4 cm³/mol. The Morgan fingerprint density at radius 3 is 2.50 bits per heavy atom. The van der Waals surface area contributed by atoms with Crippen LogP contribution in [0.15, 0.2) is 0 Å². The standard InChI is InChI=1S/C3H8FO3P/c1-2-7-8(5,6)3-4/h2-3H2,1H3,(H,5,6). The van der Waals surface area contributed by atoms with Gasteiger partial charge in [-0.05, 0) is 6.92 Å². The highest BCUT2D eigenvalue weighted by Gasteiger charge is 2.16. The normalized spacial score (nSPS) is 17.9. The lowest BCUT2D eigenvalue weighted by atomic mass is 10.9. The van der Waals surface area contributed by atoms with Crippen molar-refractivity contribution in [2.75, 3.05) is 13.0 Å². The number of hydrogen-bond acceptors (Lipinski definition) is 2. The summed E-state index contributed by atoms with van der Waals surface area (Å²) in [5.74, 6) is 0. The monoisotopic (exact) mass is 142 g/mol. The number of halogens is 1. The van der Waals surface area contributed by atoms with Gasteiger partial charge in [0.05, 0.1) is 6.61 Å². The van der Waals surface area contributed by atoms with Crippen LogP contribution in [0.2, 0.25) is 0 Å². The fraction of sp³-hybridized carbons (Fsp3) is 1.00. The summed E-state index contributed by atoms with van der Waals surface area (Å²) in [5, 5.41) is 0. The van der Waals surface area contributed by atoms with Crippen LogP contribution in [0, 0.1) is 0 Å². The van der Waals surface area contributed by atoms with Crippen molar-refractivity contribution in [2.45, 2.75) is 6.92 Å². The van der Waals surface area contributed by atoms with E-state index in [1.54, 1.807) is 0 Å². The molecule has 0 saturated heterocycles. The van der Waals surface area contributed by atoms with E-state index in [0.29, 0.717) is 0 Å². The van der Waals surface area contributed by atoms with Gasteiger partial charge in [0.2, 0.25) is 0 Å². The Labute approximate surface area is 47.0 Å². The van der Waals surface area contributed by atoms with E-state index >= 15 is 0 Å². The largest absolute Gasteiger partial charge is 0.358 e. The van der Waals surface area contributed by atoms with E-state index in [1.165, 1.54) is 6.92 Å². The molecule has 0 aliphatic heterocycles. The summed E-state index contributed by atoms with van der Waals surface area (Å²) >= 11 is 0. The minimum Gasteiger partial charge on any atom is -0.322 e. The smallest absolute Gasteiger partial charge is 0.322 e. The quantitative estimate of drug-likeness (QED) is 0.601. The molecule has 1 unspecified atom stereocenters. The molecule has 0 amide bonds. The van der Waals surface area contributed by atoms with Gasteiger partial charge >= 0.3 is 7.60 Å². The zero-order valence-electron chi connectivity index (χ0n) is 4.50. The maximum Gasteiger partial charge on any atom is 0.358 e. The van der Waals surface area contributed by atoms with E-state index in [-0.39, 0.29) is 6.61 Å². The molecule has 50 valence electrons. The zero-order chi connectivity index (χ0) is 6.62. The summed E-state index contributed by atoms with van der Waals surface area (Å²) in [6.07, 6.45) is -1.30. The molecule has 0 aromatic heterocycles. The SMILES string of the molecule is CCOP(=O)(O)CF. The summed E-state index contributed by atoms with van der Waals surface area (Å²) in [4.78, 5) is 8.28. The predicted octanol–water partition coefficient (Wildman–Crippen LogP) is 1.14. The molecular weight excluding hydrogens is 134 g/mol. The van der Waals surface area contributed by atoms with Gasteiger partial charge in [0.15, 0.2) is 6.42 Å². The summed E-state index contributed by atoms with van der Waals surface area (Å²) in [6.45, 7) is 1.59. The zero-order valence-corrected chi connectivity index (χ0v) is 5.40. The first-order valence-electron chi connectivity index (χ1n) is 2.14. The molecule has 3 nitrogen and oxygen atoms in total. The van der Waals surface area contributed by atoms with Crippen molar-refractivity contribution in [3.63, 3.8) is 0 Å². The average molecular weight is 142 g/mol. The second-order valence-corrected chi connectivity index (χ2v) is 2.95. The van der Waals surface area contributed by atoms with Crippen LogP contribution in [-0.4, -0.2) is 17.9 Å². The molecule has 0 aromatic rings. The minimum atomic E-state index is -3.84. The van der Waals surface area contributed by atoms with Crippen LogP contribution in [0.3, 0.4) is 0 Å². The molecule has 0 aliphatic carbocycles. The Morgan fingerprint density at radius 1 is 1.88 bits per heavy atom. The Hall–Kier alpha value is 0.0800. The van der Waals surface area contributed by atoms with Crippen LogP contribution >= 0.6 is 7.60 Å². The van der Waals surface area contributed by atoms with Gasteiger partial charge in [-0.1, -0.05) is 0 Å². The van der Waals surface area contributed by atoms with Crippen molar-refractivity contribution >= 4 is 7.60 Å². The van der Waals surface area contributed by atoms with Gasteiger partial charge in [-0.15, -0.1) is 0 Å². The maximum atomic E-state index is 11.3. The molecule has 1 N–H and O–H groups in total. The fourth-order valence-electron chi connectivity index (χ4n) is 0.236. The molecular formula is C3H8FO3P. The Kier molecular flexibility index (Phi) is 3.21. The molecule has 0 heterocycles. The second-order valence-electron chi connectivity index (χ2n) is 1.17. The third kappa shape index (κ3) is 3.13. The molecule has 0 saturated carbocycles. The molecule has 5 heteroatoms. The lowest BCUT2D eigenvalue weighted by Crippen LogP contribution is -1.88. The number of alkyl halides is 1. The van der Waals surface area contributed by atoms with E-state index in [4.69, 9.17) is 4.89 Å². The van der Waals surface area contributed by atoms with Crippen LogP contribution in [-0.2, 0) is 9.09 Å². The Morgan fingerprint density at radius 2 is 2.38 bits per heavy atom. The van der Waals surface area contributed by atoms with Gasteiger partial charge in [-0.25, -0.2) is 4.39 Å². The van der Waals surface area contributed by atoms with Gasteiger partial charge in [0, 0.05) is 0 Å². The van der Waals surface area contributed by atoms with Crippen molar-refractivity contribution in [3.05, 3.63) is 0 Å². The van der Waals surface area contributed by atoms with Crippen molar-refractivity contribution in [2.24, 2.45) is 0 Å². The van der Waals surface area contributed by atoms with Gasteiger partial charge < -0.3 is 9.42 Å². The third-order valence-corrected chi connectivity index (χ3v) is 1.45. The van der Waals surface area contributed by atoms with Crippen molar-refractivity contribution in [1.82, 2.24) is 0 Å². The first-order chi connectivity index (χ1) is 3.62. The minimum absolute atomic E-state index is 0.0672. The molecule has 0 aromatic carbocycles. The molecule has 0 spiro atoms. The van der Waals surface area contributed by atoms with Gasteiger partial charge in [-0.2, -0.15) is 0 Å². The van der Waals surface area contributed by atoms with Gasteiger partial charge in [0.25, 0.3) is 0 Å². The molecule has 8 heavy (non-hydrogen) atoms. The number of rotatable bonds is 3. The van der Waals surface area contributed by atoms with Crippen molar-refractivity contribution in [1.29, 1.82) is 0 Å². The maximum absolute atomic E-state index is 11.3. The van der Waals surface area contributed by atoms with Gasteiger partial charge in [-0.3, -0.25) is 4.57 Å². The highest BCUT2D eigenvalue weighted by atomic mass is 31.2. The van der Waals surface area contributed by atoms with E-state index < -0.39 is 14.0 Å². The van der Waals surface area contributed by atoms with Crippen LogP contribution in [0.4, 0.5) is 4.39 Å². The summed E-state index contributed by atoms with van der Waals surface area (Å²) in [7, 11) is -3.84. The van der Waals surface area contributed by atoms with Crippen molar-refractivity contribution in [3.8, 4) is 0 Å². The molecule has 1 atom stereocenters.